The number of rotatable bonds is 6. The zero-order chi connectivity index (χ0) is 14.4. The summed E-state index contributed by atoms with van der Waals surface area (Å²) in [5.41, 5.74) is 3.07. The van der Waals surface area contributed by atoms with Gasteiger partial charge in [0, 0.05) is 22.9 Å². The Labute approximate surface area is 124 Å². The Morgan fingerprint density at radius 3 is 2.60 bits per heavy atom. The van der Waals surface area contributed by atoms with E-state index in [0.29, 0.717) is 6.61 Å². The van der Waals surface area contributed by atoms with Crippen molar-refractivity contribution < 1.29 is 4.74 Å². The number of anilines is 1. The Kier molecular flexibility index (Phi) is 5.24. The minimum Gasteiger partial charge on any atom is -0.490 e. The standard InChI is InChI=1S/C16H19ClN2O/c1-3-15-16(9-4-12(2)19-15)20-11-10-18-14-7-5-13(17)6-8-14/h4-9,18H,3,10-11H2,1-2H3. The van der Waals surface area contributed by atoms with Gasteiger partial charge in [0.25, 0.3) is 0 Å². The lowest BCUT2D eigenvalue weighted by Gasteiger charge is -2.11. The predicted octanol–water partition coefficient (Wildman–Crippen LogP) is 4.10. The normalized spacial score (nSPS) is 10.3. The molecule has 1 N–H and O–H groups in total. The van der Waals surface area contributed by atoms with Gasteiger partial charge in [0.15, 0.2) is 0 Å². The van der Waals surface area contributed by atoms with E-state index in [9.17, 15) is 0 Å². The minimum atomic E-state index is 0.598. The maximum Gasteiger partial charge on any atom is 0.140 e. The lowest BCUT2D eigenvalue weighted by molar-refractivity contribution is 0.327. The van der Waals surface area contributed by atoms with E-state index in [0.717, 1.165) is 40.8 Å². The highest BCUT2D eigenvalue weighted by Crippen LogP contribution is 2.17. The van der Waals surface area contributed by atoms with Crippen LogP contribution in [-0.4, -0.2) is 18.1 Å². The minimum absolute atomic E-state index is 0.598. The molecule has 0 atom stereocenters. The Morgan fingerprint density at radius 1 is 1.15 bits per heavy atom. The fraction of sp³-hybridized carbons (Fsp3) is 0.312. The second kappa shape index (κ2) is 7.15. The van der Waals surface area contributed by atoms with Gasteiger partial charge in [-0.25, -0.2) is 0 Å². The number of hydrogen-bond donors (Lipinski definition) is 1. The van der Waals surface area contributed by atoms with E-state index in [1.54, 1.807) is 0 Å². The van der Waals surface area contributed by atoms with Gasteiger partial charge in [-0.05, 0) is 49.7 Å². The fourth-order valence-corrected chi connectivity index (χ4v) is 2.03. The summed E-state index contributed by atoms with van der Waals surface area (Å²) in [6, 6.07) is 11.6. The predicted molar refractivity (Wildman–Crippen MR) is 83.8 cm³/mol. The summed E-state index contributed by atoms with van der Waals surface area (Å²) in [6.45, 7) is 5.41. The highest BCUT2D eigenvalue weighted by molar-refractivity contribution is 6.30. The summed E-state index contributed by atoms with van der Waals surface area (Å²) in [7, 11) is 0. The number of benzene rings is 1. The van der Waals surface area contributed by atoms with E-state index in [4.69, 9.17) is 16.3 Å². The molecule has 2 rings (SSSR count). The maximum atomic E-state index is 5.84. The van der Waals surface area contributed by atoms with E-state index >= 15 is 0 Å². The third kappa shape index (κ3) is 4.14. The van der Waals surface area contributed by atoms with Crippen molar-refractivity contribution in [2.75, 3.05) is 18.5 Å². The molecular formula is C16H19ClN2O. The molecule has 0 aliphatic heterocycles. The van der Waals surface area contributed by atoms with Crippen LogP contribution in [0.2, 0.25) is 5.02 Å². The van der Waals surface area contributed by atoms with Crippen LogP contribution in [-0.2, 0) is 6.42 Å². The lowest BCUT2D eigenvalue weighted by Crippen LogP contribution is -2.12. The summed E-state index contributed by atoms with van der Waals surface area (Å²) in [4.78, 5) is 4.48. The molecule has 1 heterocycles. The molecule has 0 bridgehead atoms. The van der Waals surface area contributed by atoms with Gasteiger partial charge in [0.1, 0.15) is 12.4 Å². The summed E-state index contributed by atoms with van der Waals surface area (Å²) in [5, 5.41) is 4.03. The van der Waals surface area contributed by atoms with Crippen LogP contribution < -0.4 is 10.1 Å². The molecule has 106 valence electrons. The molecule has 2 aromatic rings. The SMILES string of the molecule is CCc1nc(C)ccc1OCCNc1ccc(Cl)cc1. The molecule has 0 spiro atoms. The van der Waals surface area contributed by atoms with Gasteiger partial charge in [-0.1, -0.05) is 18.5 Å². The van der Waals surface area contributed by atoms with Gasteiger partial charge in [-0.3, -0.25) is 4.98 Å². The Balaban J connectivity index is 1.82. The second-order valence-corrected chi connectivity index (χ2v) is 4.97. The molecule has 0 amide bonds. The molecule has 1 aromatic heterocycles. The molecule has 0 radical (unpaired) electrons. The highest BCUT2D eigenvalue weighted by atomic mass is 35.5. The smallest absolute Gasteiger partial charge is 0.140 e. The maximum absolute atomic E-state index is 5.84. The van der Waals surface area contributed by atoms with Crippen molar-refractivity contribution in [2.24, 2.45) is 0 Å². The van der Waals surface area contributed by atoms with E-state index in [-0.39, 0.29) is 0 Å². The van der Waals surface area contributed by atoms with Crippen molar-refractivity contribution in [1.29, 1.82) is 0 Å². The van der Waals surface area contributed by atoms with Gasteiger partial charge < -0.3 is 10.1 Å². The van der Waals surface area contributed by atoms with Crippen molar-refractivity contribution in [2.45, 2.75) is 20.3 Å². The van der Waals surface area contributed by atoms with Crippen LogP contribution in [0.25, 0.3) is 0 Å². The number of nitrogens with one attached hydrogen (secondary N) is 1. The summed E-state index contributed by atoms with van der Waals surface area (Å²) < 4.78 is 5.78. The van der Waals surface area contributed by atoms with Gasteiger partial charge in [-0.15, -0.1) is 0 Å². The zero-order valence-corrected chi connectivity index (χ0v) is 12.6. The first kappa shape index (κ1) is 14.7. The Hall–Kier alpha value is -1.74. The lowest BCUT2D eigenvalue weighted by atomic mass is 10.2. The molecule has 0 unspecified atom stereocenters. The van der Waals surface area contributed by atoms with Crippen molar-refractivity contribution in [3.63, 3.8) is 0 Å². The van der Waals surface area contributed by atoms with E-state index < -0.39 is 0 Å². The van der Waals surface area contributed by atoms with Gasteiger partial charge in [0.2, 0.25) is 0 Å². The van der Waals surface area contributed by atoms with Crippen molar-refractivity contribution in [3.8, 4) is 5.75 Å². The first-order valence-electron chi connectivity index (χ1n) is 6.78. The molecule has 1 aromatic carbocycles. The first-order chi connectivity index (χ1) is 9.69. The number of hydrogen-bond acceptors (Lipinski definition) is 3. The summed E-state index contributed by atoms with van der Waals surface area (Å²) in [5.74, 6) is 0.871. The monoisotopic (exact) mass is 290 g/mol. The van der Waals surface area contributed by atoms with Crippen LogP contribution in [0.5, 0.6) is 5.75 Å². The highest BCUT2D eigenvalue weighted by Gasteiger charge is 2.03. The average molecular weight is 291 g/mol. The molecule has 0 aliphatic carbocycles. The number of halogens is 1. The third-order valence-electron chi connectivity index (χ3n) is 2.94. The van der Waals surface area contributed by atoms with Gasteiger partial charge in [0.05, 0.1) is 5.69 Å². The summed E-state index contributed by atoms with van der Waals surface area (Å²) in [6.07, 6.45) is 0.877. The van der Waals surface area contributed by atoms with E-state index in [2.05, 4.69) is 17.2 Å². The number of aromatic nitrogens is 1. The first-order valence-corrected chi connectivity index (χ1v) is 7.15. The van der Waals surface area contributed by atoms with E-state index in [1.807, 2.05) is 43.3 Å². The van der Waals surface area contributed by atoms with Crippen LogP contribution >= 0.6 is 11.6 Å². The van der Waals surface area contributed by atoms with Crippen molar-refractivity contribution in [1.82, 2.24) is 4.98 Å². The molecule has 20 heavy (non-hydrogen) atoms. The molecule has 0 saturated carbocycles. The number of pyridine rings is 1. The molecule has 4 heteroatoms. The van der Waals surface area contributed by atoms with Crippen molar-refractivity contribution in [3.05, 3.63) is 52.8 Å². The van der Waals surface area contributed by atoms with Crippen LogP contribution in [0, 0.1) is 6.92 Å². The molecule has 3 nitrogen and oxygen atoms in total. The van der Waals surface area contributed by atoms with Crippen LogP contribution in [0.3, 0.4) is 0 Å². The quantitative estimate of drug-likeness (QED) is 0.814. The van der Waals surface area contributed by atoms with Crippen molar-refractivity contribution >= 4 is 17.3 Å². The molecular weight excluding hydrogens is 272 g/mol. The zero-order valence-electron chi connectivity index (χ0n) is 11.8. The average Bonchev–Trinajstić information content (AvgIpc) is 2.46. The van der Waals surface area contributed by atoms with Crippen LogP contribution in [0.15, 0.2) is 36.4 Å². The third-order valence-corrected chi connectivity index (χ3v) is 3.19. The Bertz CT molecular complexity index is 555. The fourth-order valence-electron chi connectivity index (χ4n) is 1.91. The second-order valence-electron chi connectivity index (χ2n) is 4.53. The molecule has 0 fully saturated rings. The van der Waals surface area contributed by atoms with Crippen LogP contribution in [0.4, 0.5) is 5.69 Å². The van der Waals surface area contributed by atoms with Gasteiger partial charge in [-0.2, -0.15) is 0 Å². The molecule has 0 aliphatic rings. The Morgan fingerprint density at radius 2 is 1.90 bits per heavy atom. The largest absolute Gasteiger partial charge is 0.490 e. The number of nitrogens with zero attached hydrogens (tertiary/aromatic N) is 1. The van der Waals surface area contributed by atoms with Gasteiger partial charge >= 0.3 is 0 Å². The van der Waals surface area contributed by atoms with E-state index in [1.165, 1.54) is 0 Å². The summed E-state index contributed by atoms with van der Waals surface area (Å²) >= 11 is 5.84. The number of ether oxygens (including phenoxy) is 1. The number of aryl methyl sites for hydroxylation is 2. The molecule has 0 saturated heterocycles. The topological polar surface area (TPSA) is 34.1 Å². The van der Waals surface area contributed by atoms with Crippen LogP contribution in [0.1, 0.15) is 18.3 Å².